The Morgan fingerprint density at radius 1 is 1.31 bits per heavy atom. The Kier molecular flexibility index (Phi) is 6.40. The first-order valence-corrected chi connectivity index (χ1v) is 5.36. The summed E-state index contributed by atoms with van der Waals surface area (Å²) in [6.07, 6.45) is 6.05. The van der Waals surface area contributed by atoms with Gasteiger partial charge in [0.15, 0.2) is 0 Å². The summed E-state index contributed by atoms with van der Waals surface area (Å²) in [4.78, 5) is 0. The number of ether oxygens (including phenoxy) is 1. The third kappa shape index (κ3) is 7.06. The average molecular weight is 185 g/mol. The van der Waals surface area contributed by atoms with Crippen LogP contribution in [0.1, 0.15) is 52.9 Å². The summed E-state index contributed by atoms with van der Waals surface area (Å²) in [5.41, 5.74) is 0.0597. The highest BCUT2D eigenvalue weighted by molar-refractivity contribution is 4.68. The summed E-state index contributed by atoms with van der Waals surface area (Å²) in [6, 6.07) is 0. The van der Waals surface area contributed by atoms with Gasteiger partial charge in [0, 0.05) is 7.11 Å². The molecular weight excluding hydrogens is 160 g/mol. The van der Waals surface area contributed by atoms with E-state index in [0.29, 0.717) is 0 Å². The van der Waals surface area contributed by atoms with E-state index in [1.54, 1.807) is 7.11 Å². The summed E-state index contributed by atoms with van der Waals surface area (Å²) in [5, 5.41) is 0. The highest BCUT2D eigenvalue weighted by Gasteiger charge is 2.15. The van der Waals surface area contributed by atoms with Crippen LogP contribution in [0.4, 0.5) is 0 Å². The van der Waals surface area contributed by atoms with Gasteiger partial charge in [-0.15, -0.1) is 0 Å². The van der Waals surface area contributed by atoms with Gasteiger partial charge in [0.25, 0.3) is 0 Å². The Hall–Kier alpha value is -0.0400. The first kappa shape index (κ1) is 13.0. The van der Waals surface area contributed by atoms with Gasteiger partial charge in [0.2, 0.25) is 0 Å². The molecule has 0 aromatic carbocycles. The van der Waals surface area contributed by atoms with Crippen LogP contribution in [-0.2, 0) is 4.74 Å². The third-order valence-electron chi connectivity index (χ3n) is 2.73. The van der Waals surface area contributed by atoms with E-state index in [4.69, 9.17) is 4.74 Å². The lowest BCUT2D eigenvalue weighted by atomic mass is 9.94. The molecule has 0 rings (SSSR count). The number of methoxy groups -OCH3 is 1. The Labute approximate surface area is 83.9 Å². The van der Waals surface area contributed by atoms with Crippen LogP contribution in [0.3, 0.4) is 0 Å². The van der Waals surface area contributed by atoms with Crippen molar-refractivity contribution in [3.05, 3.63) is 6.92 Å². The van der Waals surface area contributed by atoms with E-state index in [1.165, 1.54) is 19.3 Å². The molecule has 1 unspecified atom stereocenters. The van der Waals surface area contributed by atoms with Crippen LogP contribution in [0.15, 0.2) is 0 Å². The van der Waals surface area contributed by atoms with E-state index in [-0.39, 0.29) is 5.60 Å². The van der Waals surface area contributed by atoms with E-state index >= 15 is 0 Å². The molecule has 0 heterocycles. The van der Waals surface area contributed by atoms with Gasteiger partial charge in [-0.3, -0.25) is 0 Å². The zero-order valence-corrected chi connectivity index (χ0v) is 9.73. The van der Waals surface area contributed by atoms with Crippen molar-refractivity contribution in [3.8, 4) is 0 Å². The number of hydrogen-bond acceptors (Lipinski definition) is 1. The standard InChI is InChI=1S/C12H25O/c1-6-8-11(2)9-7-10-12(3,4)13-5/h11H,1,6-10H2,2-5H3. The Morgan fingerprint density at radius 3 is 2.38 bits per heavy atom. The highest BCUT2D eigenvalue weighted by Crippen LogP contribution is 2.20. The molecule has 0 aromatic heterocycles. The van der Waals surface area contributed by atoms with Gasteiger partial charge in [0.05, 0.1) is 5.60 Å². The number of rotatable bonds is 7. The maximum Gasteiger partial charge on any atom is 0.0622 e. The van der Waals surface area contributed by atoms with Gasteiger partial charge < -0.3 is 4.74 Å². The summed E-state index contributed by atoms with van der Waals surface area (Å²) in [5.74, 6) is 0.824. The molecule has 13 heavy (non-hydrogen) atoms. The van der Waals surface area contributed by atoms with Crippen LogP contribution in [-0.4, -0.2) is 12.7 Å². The molecule has 0 aromatic rings. The molecule has 0 aliphatic rings. The molecule has 1 atom stereocenters. The van der Waals surface area contributed by atoms with Crippen LogP contribution < -0.4 is 0 Å². The van der Waals surface area contributed by atoms with E-state index in [9.17, 15) is 0 Å². The first-order valence-electron chi connectivity index (χ1n) is 5.36. The molecule has 1 heteroatoms. The van der Waals surface area contributed by atoms with Crippen molar-refractivity contribution in [2.75, 3.05) is 7.11 Å². The molecule has 0 saturated carbocycles. The molecule has 0 N–H and O–H groups in total. The third-order valence-corrected chi connectivity index (χ3v) is 2.73. The average Bonchev–Trinajstić information content (AvgIpc) is 2.05. The summed E-state index contributed by atoms with van der Waals surface area (Å²) < 4.78 is 5.37. The predicted molar refractivity (Wildman–Crippen MR) is 58.7 cm³/mol. The zero-order valence-electron chi connectivity index (χ0n) is 9.73. The maximum atomic E-state index is 5.37. The molecule has 0 saturated heterocycles. The molecule has 0 spiro atoms. The lowest BCUT2D eigenvalue weighted by molar-refractivity contribution is 0.0127. The highest BCUT2D eigenvalue weighted by atomic mass is 16.5. The fraction of sp³-hybridized carbons (Fsp3) is 0.917. The van der Waals surface area contributed by atoms with Crippen LogP contribution in [0.2, 0.25) is 0 Å². The molecule has 0 aliphatic heterocycles. The van der Waals surface area contributed by atoms with Crippen LogP contribution in [0.5, 0.6) is 0 Å². The molecule has 0 bridgehead atoms. The predicted octanol–water partition coefficient (Wildman–Crippen LogP) is 3.83. The Bertz CT molecular complexity index is 118. The molecule has 79 valence electrons. The molecule has 0 amide bonds. The summed E-state index contributed by atoms with van der Waals surface area (Å²) >= 11 is 0. The molecule has 0 fully saturated rings. The summed E-state index contributed by atoms with van der Waals surface area (Å²) in [7, 11) is 1.79. The van der Waals surface area contributed by atoms with Crippen molar-refractivity contribution < 1.29 is 4.74 Å². The Balaban J connectivity index is 3.44. The quantitative estimate of drug-likeness (QED) is 0.585. The summed E-state index contributed by atoms with van der Waals surface area (Å²) in [6.45, 7) is 10.5. The van der Waals surface area contributed by atoms with Crippen LogP contribution in [0.25, 0.3) is 0 Å². The maximum absolute atomic E-state index is 5.37. The SMILES string of the molecule is [CH2]CCC(C)CCCC(C)(C)OC. The van der Waals surface area contributed by atoms with Crippen molar-refractivity contribution in [1.82, 2.24) is 0 Å². The minimum atomic E-state index is 0.0597. The molecular formula is C12H25O. The molecule has 0 aliphatic carbocycles. The second kappa shape index (κ2) is 6.42. The fourth-order valence-corrected chi connectivity index (χ4v) is 1.47. The van der Waals surface area contributed by atoms with Crippen molar-refractivity contribution in [1.29, 1.82) is 0 Å². The van der Waals surface area contributed by atoms with Crippen LogP contribution >= 0.6 is 0 Å². The van der Waals surface area contributed by atoms with E-state index in [1.807, 2.05) is 0 Å². The molecule has 1 radical (unpaired) electrons. The van der Waals surface area contributed by atoms with Gasteiger partial charge in [-0.1, -0.05) is 39.5 Å². The van der Waals surface area contributed by atoms with Crippen LogP contribution in [0, 0.1) is 12.8 Å². The van der Waals surface area contributed by atoms with E-state index < -0.39 is 0 Å². The van der Waals surface area contributed by atoms with Crippen molar-refractivity contribution >= 4 is 0 Å². The second-order valence-corrected chi connectivity index (χ2v) is 4.60. The van der Waals surface area contributed by atoms with Crippen molar-refractivity contribution in [2.45, 2.75) is 58.5 Å². The van der Waals surface area contributed by atoms with Crippen molar-refractivity contribution in [2.24, 2.45) is 5.92 Å². The van der Waals surface area contributed by atoms with Gasteiger partial charge in [-0.2, -0.15) is 0 Å². The topological polar surface area (TPSA) is 9.23 Å². The van der Waals surface area contributed by atoms with Gasteiger partial charge in [-0.05, 0) is 26.2 Å². The monoisotopic (exact) mass is 185 g/mol. The van der Waals surface area contributed by atoms with E-state index in [0.717, 1.165) is 18.8 Å². The smallest absolute Gasteiger partial charge is 0.0622 e. The first-order chi connectivity index (χ1) is 6.02. The van der Waals surface area contributed by atoms with Gasteiger partial charge >= 0.3 is 0 Å². The number of hydrogen-bond donors (Lipinski definition) is 0. The largest absolute Gasteiger partial charge is 0.379 e. The minimum absolute atomic E-state index is 0.0597. The molecule has 1 nitrogen and oxygen atoms in total. The Morgan fingerprint density at radius 2 is 1.92 bits per heavy atom. The normalized spacial score (nSPS) is 14.5. The fourth-order valence-electron chi connectivity index (χ4n) is 1.47. The lowest BCUT2D eigenvalue weighted by Crippen LogP contribution is -2.22. The minimum Gasteiger partial charge on any atom is -0.379 e. The van der Waals surface area contributed by atoms with E-state index in [2.05, 4.69) is 27.7 Å². The van der Waals surface area contributed by atoms with Gasteiger partial charge in [0.1, 0.15) is 0 Å². The lowest BCUT2D eigenvalue weighted by Gasteiger charge is -2.23. The van der Waals surface area contributed by atoms with Crippen molar-refractivity contribution in [3.63, 3.8) is 0 Å². The zero-order chi connectivity index (χ0) is 10.3. The second-order valence-electron chi connectivity index (χ2n) is 4.60. The van der Waals surface area contributed by atoms with Gasteiger partial charge in [-0.25, -0.2) is 0 Å².